The third-order valence-corrected chi connectivity index (χ3v) is 12.3. The molecule has 0 N–H and O–H groups in total. The van der Waals surface area contributed by atoms with Crippen LogP contribution in [0.4, 0.5) is 0 Å². The Labute approximate surface area is 361 Å². The Bertz CT molecular complexity index is 3850. The van der Waals surface area contributed by atoms with Gasteiger partial charge in [0, 0.05) is 60.4 Å². The first-order valence-electron chi connectivity index (χ1n) is 21.2. The van der Waals surface area contributed by atoms with E-state index in [2.05, 4.69) is 155 Å². The second-order valence-electron chi connectivity index (χ2n) is 16.0. The quantitative estimate of drug-likeness (QED) is 0.168. The molecule has 0 saturated carbocycles. The fourth-order valence-electron chi connectivity index (χ4n) is 9.42. The summed E-state index contributed by atoms with van der Waals surface area (Å²) in [7, 11) is 0. The summed E-state index contributed by atoms with van der Waals surface area (Å²) in [6.07, 6.45) is 0. The molecule has 0 aliphatic carbocycles. The lowest BCUT2D eigenvalue weighted by Gasteiger charge is -2.11. The number of para-hydroxylation sites is 3. The number of nitrogens with zero attached hydrogens (tertiary/aromatic N) is 5. The van der Waals surface area contributed by atoms with Crippen LogP contribution in [-0.2, 0) is 0 Å². The van der Waals surface area contributed by atoms with Gasteiger partial charge < -0.3 is 13.6 Å². The van der Waals surface area contributed by atoms with Crippen molar-refractivity contribution in [3.63, 3.8) is 0 Å². The van der Waals surface area contributed by atoms with E-state index in [1.165, 1.54) is 38.1 Å². The minimum atomic E-state index is 0.592. The smallest absolute Gasteiger partial charge is 0.164 e. The van der Waals surface area contributed by atoms with Gasteiger partial charge in [0.15, 0.2) is 17.5 Å². The first-order valence-corrected chi connectivity index (χ1v) is 21.2. The third-order valence-electron chi connectivity index (χ3n) is 12.3. The second-order valence-corrected chi connectivity index (χ2v) is 16.0. The van der Waals surface area contributed by atoms with Crippen molar-refractivity contribution in [3.05, 3.63) is 212 Å². The summed E-state index contributed by atoms with van der Waals surface area (Å²) in [4.78, 5) is 14.8. The Hall–Kier alpha value is -8.61. The molecule has 294 valence electrons. The molecular weight excluding hydrogens is 771 g/mol. The number of benzene rings is 9. The summed E-state index contributed by atoms with van der Waals surface area (Å²) >= 11 is 0. The number of hydrogen-bond donors (Lipinski definition) is 0. The standard InChI is InChI=1S/C57H35N5O/c1-4-15-36(16-5-1)55-58-56(37-17-6-2-7-18-37)60-57(59-55)40-27-29-45-48-32-39(28-30-53(48)63-54(45)33-40)38-19-14-22-42(31-38)62-50-26-13-11-24-44(50)47-34-46-43-23-10-12-25-49(43)61(51(46)35-52(47)62)41-20-8-3-9-21-41/h1-35H. The summed E-state index contributed by atoms with van der Waals surface area (Å²) in [5.74, 6) is 1.84. The zero-order valence-corrected chi connectivity index (χ0v) is 33.9. The van der Waals surface area contributed by atoms with Crippen molar-refractivity contribution in [2.75, 3.05) is 0 Å². The average molecular weight is 806 g/mol. The van der Waals surface area contributed by atoms with Crippen LogP contribution in [0.3, 0.4) is 0 Å². The van der Waals surface area contributed by atoms with Crippen molar-refractivity contribution in [1.82, 2.24) is 24.1 Å². The van der Waals surface area contributed by atoms with Gasteiger partial charge in [0.05, 0.1) is 22.1 Å². The van der Waals surface area contributed by atoms with Gasteiger partial charge in [-0.3, -0.25) is 0 Å². The maximum atomic E-state index is 6.54. The van der Waals surface area contributed by atoms with Crippen LogP contribution in [0.15, 0.2) is 217 Å². The SMILES string of the molecule is c1ccc(-c2nc(-c3ccccc3)nc(-c3ccc4c(c3)oc3ccc(-c5cccc(-n6c7ccccc7c7cc8c9ccccc9n(-c9ccccc9)c8cc76)c5)cc34)n2)cc1. The Balaban J connectivity index is 0.929. The molecule has 63 heavy (non-hydrogen) atoms. The highest BCUT2D eigenvalue weighted by Crippen LogP contribution is 2.41. The highest BCUT2D eigenvalue weighted by atomic mass is 16.3. The predicted molar refractivity (Wildman–Crippen MR) is 258 cm³/mol. The minimum absolute atomic E-state index is 0.592. The van der Waals surface area contributed by atoms with E-state index in [1.54, 1.807) is 0 Å². The van der Waals surface area contributed by atoms with Gasteiger partial charge in [-0.15, -0.1) is 0 Å². The number of rotatable bonds is 6. The fourth-order valence-corrected chi connectivity index (χ4v) is 9.42. The molecule has 0 bridgehead atoms. The minimum Gasteiger partial charge on any atom is -0.456 e. The van der Waals surface area contributed by atoms with Crippen molar-refractivity contribution in [3.8, 4) is 56.7 Å². The van der Waals surface area contributed by atoms with E-state index >= 15 is 0 Å². The molecule has 0 radical (unpaired) electrons. The molecule has 0 spiro atoms. The van der Waals surface area contributed by atoms with E-state index in [-0.39, 0.29) is 0 Å². The predicted octanol–water partition coefficient (Wildman–Crippen LogP) is 14.6. The van der Waals surface area contributed by atoms with Gasteiger partial charge in [0.25, 0.3) is 0 Å². The first-order chi connectivity index (χ1) is 31.2. The molecule has 13 rings (SSSR count). The fraction of sp³-hybridized carbons (Fsp3) is 0. The van der Waals surface area contributed by atoms with Gasteiger partial charge >= 0.3 is 0 Å². The number of fused-ring (bicyclic) bond motifs is 9. The topological polar surface area (TPSA) is 61.7 Å². The summed E-state index contributed by atoms with van der Waals surface area (Å²) < 4.78 is 11.3. The summed E-state index contributed by atoms with van der Waals surface area (Å²) in [6.45, 7) is 0. The van der Waals surface area contributed by atoms with Crippen LogP contribution in [0.2, 0.25) is 0 Å². The van der Waals surface area contributed by atoms with E-state index in [1.807, 2.05) is 66.7 Å². The average Bonchev–Trinajstić information content (AvgIpc) is 4.00. The highest BCUT2D eigenvalue weighted by Gasteiger charge is 2.20. The van der Waals surface area contributed by atoms with Crippen LogP contribution in [0.25, 0.3) is 122 Å². The lowest BCUT2D eigenvalue weighted by molar-refractivity contribution is 0.669. The zero-order chi connectivity index (χ0) is 41.4. The molecule has 4 aromatic heterocycles. The largest absolute Gasteiger partial charge is 0.456 e. The normalized spacial score (nSPS) is 11.8. The summed E-state index contributed by atoms with van der Waals surface area (Å²) in [5.41, 5.74) is 13.5. The molecule has 0 atom stereocenters. The van der Waals surface area contributed by atoms with Crippen LogP contribution in [-0.4, -0.2) is 24.1 Å². The molecule has 0 amide bonds. The Morgan fingerprint density at radius 1 is 0.270 bits per heavy atom. The van der Waals surface area contributed by atoms with Crippen LogP contribution < -0.4 is 0 Å². The lowest BCUT2D eigenvalue weighted by atomic mass is 10.0. The summed E-state index contributed by atoms with van der Waals surface area (Å²) in [6, 6.07) is 74.6. The van der Waals surface area contributed by atoms with Crippen LogP contribution in [0, 0.1) is 0 Å². The molecule has 0 aliphatic rings. The van der Waals surface area contributed by atoms with Gasteiger partial charge in [-0.1, -0.05) is 140 Å². The van der Waals surface area contributed by atoms with Crippen LogP contribution in [0.1, 0.15) is 0 Å². The first kappa shape index (κ1) is 35.2. The van der Waals surface area contributed by atoms with Crippen molar-refractivity contribution < 1.29 is 4.42 Å². The van der Waals surface area contributed by atoms with Crippen molar-refractivity contribution in [2.24, 2.45) is 0 Å². The van der Waals surface area contributed by atoms with Crippen molar-refractivity contribution in [1.29, 1.82) is 0 Å². The Kier molecular flexibility index (Phi) is 7.80. The molecule has 6 heteroatoms. The molecule has 4 heterocycles. The van der Waals surface area contributed by atoms with Crippen LogP contribution >= 0.6 is 0 Å². The number of aromatic nitrogens is 5. The monoisotopic (exact) mass is 805 g/mol. The summed E-state index contributed by atoms with van der Waals surface area (Å²) in [5, 5.41) is 7.04. The van der Waals surface area contributed by atoms with Gasteiger partial charge in [-0.05, 0) is 83.9 Å². The molecule has 13 aromatic rings. The van der Waals surface area contributed by atoms with E-state index in [0.717, 1.165) is 66.6 Å². The van der Waals surface area contributed by atoms with E-state index in [9.17, 15) is 0 Å². The number of hydrogen-bond acceptors (Lipinski definition) is 4. The maximum Gasteiger partial charge on any atom is 0.164 e. The molecule has 0 saturated heterocycles. The Morgan fingerprint density at radius 3 is 1.43 bits per heavy atom. The van der Waals surface area contributed by atoms with Gasteiger partial charge in [-0.25, -0.2) is 15.0 Å². The molecule has 6 nitrogen and oxygen atoms in total. The van der Waals surface area contributed by atoms with Crippen LogP contribution in [0.5, 0.6) is 0 Å². The zero-order valence-electron chi connectivity index (χ0n) is 33.9. The van der Waals surface area contributed by atoms with Crippen molar-refractivity contribution in [2.45, 2.75) is 0 Å². The second kappa shape index (κ2) is 14.0. The molecule has 9 aromatic carbocycles. The molecule has 0 fully saturated rings. The Morgan fingerprint density at radius 2 is 0.778 bits per heavy atom. The van der Waals surface area contributed by atoms with E-state index in [4.69, 9.17) is 19.4 Å². The maximum absolute atomic E-state index is 6.54. The van der Waals surface area contributed by atoms with Gasteiger partial charge in [0.1, 0.15) is 11.2 Å². The lowest BCUT2D eigenvalue weighted by Crippen LogP contribution is -2.00. The van der Waals surface area contributed by atoms with E-state index < -0.39 is 0 Å². The van der Waals surface area contributed by atoms with Gasteiger partial charge in [0.2, 0.25) is 0 Å². The van der Waals surface area contributed by atoms with Crippen molar-refractivity contribution >= 4 is 65.6 Å². The molecule has 0 unspecified atom stereocenters. The molecule has 0 aliphatic heterocycles. The van der Waals surface area contributed by atoms with Gasteiger partial charge in [-0.2, -0.15) is 0 Å². The third kappa shape index (κ3) is 5.69. The van der Waals surface area contributed by atoms with E-state index in [0.29, 0.717) is 17.5 Å². The molecular formula is C57H35N5O. The number of furan rings is 1. The highest BCUT2D eigenvalue weighted by molar-refractivity contribution is 6.19.